The van der Waals surface area contributed by atoms with Gasteiger partial charge in [0.05, 0.1) is 0 Å². The minimum absolute atomic E-state index is 0. The summed E-state index contributed by atoms with van der Waals surface area (Å²) in [7, 11) is 0. The van der Waals surface area contributed by atoms with Crippen LogP contribution >= 0.6 is 0 Å². The zero-order chi connectivity index (χ0) is 5.58. The van der Waals surface area contributed by atoms with Gasteiger partial charge in [-0.2, -0.15) is 0 Å². The number of hydrogen-bond donors (Lipinski definition) is 0. The van der Waals surface area contributed by atoms with E-state index in [9.17, 15) is 0 Å². The first kappa shape index (κ1) is 24.4. The molecule has 54 valence electrons. The van der Waals surface area contributed by atoms with Crippen molar-refractivity contribution < 1.29 is 0 Å². The van der Waals surface area contributed by atoms with Crippen LogP contribution in [0.15, 0.2) is 0 Å². The van der Waals surface area contributed by atoms with Gasteiger partial charge in [0.25, 0.3) is 0 Å². The Morgan fingerprint density at radius 3 is 0.750 bits per heavy atom. The Balaban J connectivity index is -0.0000000183. The molecule has 0 radical (unpaired) electrons. The van der Waals surface area contributed by atoms with Gasteiger partial charge in [-0.05, 0) is 0 Å². The summed E-state index contributed by atoms with van der Waals surface area (Å²) in [5, 5.41) is 0. The van der Waals surface area contributed by atoms with Crippen molar-refractivity contribution in [2.75, 3.05) is 0 Å². The smallest absolute Gasteiger partial charge is 0.0865 e. The monoisotopic (exact) mass is 118 g/mol. The highest BCUT2D eigenvalue weighted by Crippen LogP contribution is 1.68. The van der Waals surface area contributed by atoms with E-state index >= 15 is 0 Å². The Labute approximate surface area is 56.8 Å². The van der Waals surface area contributed by atoms with Crippen LogP contribution in [0.5, 0.6) is 0 Å². The van der Waals surface area contributed by atoms with Crippen LogP contribution < -0.4 is 0 Å². The van der Waals surface area contributed by atoms with E-state index in [-0.39, 0.29) is 14.9 Å². The zero-order valence-corrected chi connectivity index (χ0v) is 5.58. The van der Waals surface area contributed by atoms with Gasteiger partial charge in [-0.1, -0.05) is 49.2 Å². The average Bonchev–Trinajstić information content (AvgIpc) is 1.41. The van der Waals surface area contributed by atoms with Crippen LogP contribution in [-0.2, 0) is 0 Å². The summed E-state index contributed by atoms with van der Waals surface area (Å²) in [6, 6.07) is 0. The van der Waals surface area contributed by atoms with Gasteiger partial charge in [-0.3, -0.25) is 0 Å². The van der Waals surface area contributed by atoms with Crippen molar-refractivity contribution >= 4 is 6.71 Å². The highest BCUT2D eigenvalue weighted by atomic mass is 13.2. The maximum absolute atomic E-state index is 2.17. The van der Waals surface area contributed by atoms with Crippen LogP contribution in [0.1, 0.15) is 28.7 Å². The minimum Gasteiger partial charge on any atom is -0.0865 e. The molecule has 8 heavy (non-hydrogen) atoms. The molecule has 0 unspecified atom stereocenters. The second-order valence-corrected chi connectivity index (χ2v) is 1.73. The lowest BCUT2D eigenvalue weighted by molar-refractivity contribution is 1.50. The maximum atomic E-state index is 2.17. The van der Waals surface area contributed by atoms with Crippen molar-refractivity contribution in [3.05, 3.63) is 0 Å². The fraction of sp³-hybridized carbons (Fsp3) is 1.00. The Morgan fingerprint density at radius 2 is 0.750 bits per heavy atom. The van der Waals surface area contributed by atoms with Crippen molar-refractivity contribution in [3.63, 3.8) is 0 Å². The average molecular weight is 118 g/mol. The second-order valence-electron chi connectivity index (χ2n) is 1.73. The highest BCUT2D eigenvalue weighted by molar-refractivity contribution is 6.54. The molecule has 0 bridgehead atoms. The SMILES string of the molecule is C.C.CB(C)C.CC. The van der Waals surface area contributed by atoms with Gasteiger partial charge in [-0.15, -0.1) is 0 Å². The van der Waals surface area contributed by atoms with Gasteiger partial charge < -0.3 is 0 Å². The van der Waals surface area contributed by atoms with Gasteiger partial charge in [0, 0.05) is 0 Å². The molecule has 0 aliphatic heterocycles. The van der Waals surface area contributed by atoms with Crippen LogP contribution in [-0.4, -0.2) is 6.71 Å². The molecule has 0 fully saturated rings. The molecule has 1 heteroatoms. The fourth-order valence-corrected chi connectivity index (χ4v) is 0. The molecule has 0 rings (SSSR count). The largest absolute Gasteiger partial charge is 0.130 e. The molecule has 0 aliphatic rings. The first-order chi connectivity index (χ1) is 2.73. The molecule has 0 saturated carbocycles. The van der Waals surface area contributed by atoms with E-state index in [1.807, 2.05) is 13.8 Å². The molecule has 0 saturated heterocycles. The summed E-state index contributed by atoms with van der Waals surface area (Å²) in [5.41, 5.74) is 0. The van der Waals surface area contributed by atoms with E-state index in [2.05, 4.69) is 20.5 Å². The fourth-order valence-electron chi connectivity index (χ4n) is 0. The predicted molar refractivity (Wildman–Crippen MR) is 48.2 cm³/mol. The Kier molecular flexibility index (Phi) is 84.2. The quantitative estimate of drug-likeness (QED) is 0.425. The highest BCUT2D eigenvalue weighted by Gasteiger charge is 1.76. The van der Waals surface area contributed by atoms with Crippen LogP contribution in [0, 0.1) is 0 Å². The zero-order valence-electron chi connectivity index (χ0n) is 5.58. The van der Waals surface area contributed by atoms with Gasteiger partial charge >= 0.3 is 0 Å². The summed E-state index contributed by atoms with van der Waals surface area (Å²) in [6.07, 6.45) is 0. The van der Waals surface area contributed by atoms with E-state index in [4.69, 9.17) is 0 Å². The standard InChI is InChI=1S/C3H9B.C2H6.2CH4/c1-4(2)3;1-2;;/h1-3H3;1-2H3;2*1H4. The molecule has 0 atom stereocenters. The van der Waals surface area contributed by atoms with Crippen molar-refractivity contribution in [1.82, 2.24) is 0 Å². The van der Waals surface area contributed by atoms with Crippen LogP contribution in [0.3, 0.4) is 0 Å². The molecule has 0 aromatic carbocycles. The van der Waals surface area contributed by atoms with Crippen LogP contribution in [0.2, 0.25) is 20.5 Å². The lowest BCUT2D eigenvalue weighted by Gasteiger charge is -1.71. The van der Waals surface area contributed by atoms with Crippen LogP contribution in [0.25, 0.3) is 0 Å². The van der Waals surface area contributed by atoms with E-state index < -0.39 is 0 Å². The minimum atomic E-state index is 0. The van der Waals surface area contributed by atoms with E-state index in [1.165, 1.54) is 0 Å². The van der Waals surface area contributed by atoms with Gasteiger partial charge in [0.2, 0.25) is 0 Å². The predicted octanol–water partition coefficient (Wildman–Crippen LogP) is 3.67. The molecule has 0 aromatic rings. The van der Waals surface area contributed by atoms with Crippen molar-refractivity contribution in [2.24, 2.45) is 0 Å². The molecule has 0 aromatic heterocycles. The third-order valence-electron chi connectivity index (χ3n) is 0. The molecule has 0 N–H and O–H groups in total. The third kappa shape index (κ3) is 36900. The van der Waals surface area contributed by atoms with Crippen molar-refractivity contribution in [2.45, 2.75) is 49.2 Å². The molecule has 0 heterocycles. The van der Waals surface area contributed by atoms with E-state index in [0.717, 1.165) is 6.71 Å². The lowest BCUT2D eigenvalue weighted by Crippen LogP contribution is -1.84. The topological polar surface area (TPSA) is 0 Å². The first-order valence-corrected chi connectivity index (χ1v) is 2.73. The summed E-state index contributed by atoms with van der Waals surface area (Å²) in [4.78, 5) is 0. The summed E-state index contributed by atoms with van der Waals surface area (Å²) < 4.78 is 0. The molecular formula is C7H23B. The van der Waals surface area contributed by atoms with Crippen LogP contribution in [0.4, 0.5) is 0 Å². The lowest BCUT2D eigenvalue weighted by atomic mass is 9.58. The van der Waals surface area contributed by atoms with Gasteiger partial charge in [-0.25, -0.2) is 0 Å². The molecule has 0 amide bonds. The van der Waals surface area contributed by atoms with Crippen molar-refractivity contribution in [3.8, 4) is 0 Å². The van der Waals surface area contributed by atoms with Gasteiger partial charge in [0.1, 0.15) is 6.71 Å². The third-order valence-corrected chi connectivity index (χ3v) is 0. The molecule has 0 spiro atoms. The summed E-state index contributed by atoms with van der Waals surface area (Å²) >= 11 is 0. The second kappa shape index (κ2) is 27.7. The van der Waals surface area contributed by atoms with Crippen molar-refractivity contribution in [1.29, 1.82) is 0 Å². The number of hydrogen-bond acceptors (Lipinski definition) is 0. The summed E-state index contributed by atoms with van der Waals surface area (Å²) in [6.45, 7) is 11.3. The van der Waals surface area contributed by atoms with Gasteiger partial charge in [0.15, 0.2) is 0 Å². The molecule has 0 aliphatic carbocycles. The van der Waals surface area contributed by atoms with E-state index in [1.54, 1.807) is 0 Å². The maximum Gasteiger partial charge on any atom is 0.130 e. The first-order valence-electron chi connectivity index (χ1n) is 2.73. The Bertz CT molecular complexity index is 9.10. The number of rotatable bonds is 0. The normalized spacial score (nSPS) is 4.12. The summed E-state index contributed by atoms with van der Waals surface area (Å²) in [5.74, 6) is 0. The molecule has 0 nitrogen and oxygen atoms in total. The molecular weight excluding hydrogens is 94.9 g/mol. The Hall–Kier alpha value is 0.0649. The Morgan fingerprint density at radius 1 is 0.750 bits per heavy atom. The van der Waals surface area contributed by atoms with E-state index in [0.29, 0.717) is 0 Å².